The van der Waals surface area contributed by atoms with Crippen molar-refractivity contribution in [2.24, 2.45) is 0 Å². The maximum Gasteiger partial charge on any atom is 0.135 e. The normalized spacial score (nSPS) is 11.5. The second-order valence-corrected chi connectivity index (χ2v) is 5.09. The van der Waals surface area contributed by atoms with Gasteiger partial charge in [0.15, 0.2) is 0 Å². The van der Waals surface area contributed by atoms with Gasteiger partial charge in [-0.25, -0.2) is 9.97 Å². The van der Waals surface area contributed by atoms with Crippen molar-refractivity contribution in [3.8, 4) is 0 Å². The lowest BCUT2D eigenvalue weighted by Gasteiger charge is -2.31. The fourth-order valence-electron chi connectivity index (χ4n) is 1.86. The molecule has 0 saturated heterocycles. The maximum atomic E-state index is 9.53. The van der Waals surface area contributed by atoms with Crippen LogP contribution in [-0.2, 0) is 0 Å². The molecule has 0 atom stereocenters. The fourth-order valence-corrected chi connectivity index (χ4v) is 1.86. The van der Waals surface area contributed by atoms with E-state index in [9.17, 15) is 10.2 Å². The third-order valence-electron chi connectivity index (χ3n) is 3.47. The van der Waals surface area contributed by atoms with Gasteiger partial charge in [0.25, 0.3) is 0 Å². The van der Waals surface area contributed by atoms with Gasteiger partial charge < -0.3 is 20.8 Å². The van der Waals surface area contributed by atoms with Crippen LogP contribution in [0.15, 0.2) is 0 Å². The van der Waals surface area contributed by atoms with Crippen molar-refractivity contribution >= 4 is 11.6 Å². The number of hydrogen-bond donors (Lipinski definition) is 4. The van der Waals surface area contributed by atoms with Crippen LogP contribution in [0.25, 0.3) is 0 Å². The van der Waals surface area contributed by atoms with E-state index in [0.717, 1.165) is 24.3 Å². The molecular weight excluding hydrogens is 256 g/mol. The lowest BCUT2D eigenvalue weighted by Crippen LogP contribution is -2.45. The van der Waals surface area contributed by atoms with Crippen LogP contribution in [0.4, 0.5) is 11.6 Å². The number of anilines is 2. The van der Waals surface area contributed by atoms with Crippen LogP contribution < -0.4 is 10.6 Å². The summed E-state index contributed by atoms with van der Waals surface area (Å²) >= 11 is 0. The van der Waals surface area contributed by atoms with Gasteiger partial charge in [0.05, 0.1) is 18.8 Å². The molecule has 0 saturated carbocycles. The number of hydrogen-bond acceptors (Lipinski definition) is 6. The number of nitrogens with zero attached hydrogens (tertiary/aromatic N) is 2. The van der Waals surface area contributed by atoms with E-state index in [2.05, 4.69) is 27.5 Å². The molecule has 0 bridgehead atoms. The third kappa shape index (κ3) is 3.80. The van der Waals surface area contributed by atoms with Crippen molar-refractivity contribution < 1.29 is 10.2 Å². The predicted molar refractivity (Wildman–Crippen MR) is 81.1 cm³/mol. The molecule has 0 amide bonds. The Hall–Kier alpha value is -1.40. The van der Waals surface area contributed by atoms with Gasteiger partial charge in [-0.1, -0.05) is 13.8 Å². The molecule has 0 fully saturated rings. The lowest BCUT2D eigenvalue weighted by atomic mass is 9.98. The molecule has 0 unspecified atom stereocenters. The lowest BCUT2D eigenvalue weighted by molar-refractivity contribution is 0.132. The van der Waals surface area contributed by atoms with E-state index in [1.165, 1.54) is 0 Å². The largest absolute Gasteiger partial charge is 0.394 e. The zero-order valence-corrected chi connectivity index (χ0v) is 12.8. The molecule has 4 N–H and O–H groups in total. The van der Waals surface area contributed by atoms with Crippen molar-refractivity contribution in [1.29, 1.82) is 0 Å². The third-order valence-corrected chi connectivity index (χ3v) is 3.47. The minimum Gasteiger partial charge on any atom is -0.394 e. The molecule has 0 aliphatic carbocycles. The van der Waals surface area contributed by atoms with Crippen molar-refractivity contribution in [3.63, 3.8) is 0 Å². The molecule has 1 aromatic rings. The number of aromatic nitrogens is 2. The summed E-state index contributed by atoms with van der Waals surface area (Å²) in [6.07, 6.45) is 1.61. The zero-order chi connectivity index (χ0) is 15.2. The summed E-state index contributed by atoms with van der Waals surface area (Å²) in [4.78, 5) is 8.78. The van der Waals surface area contributed by atoms with E-state index < -0.39 is 5.54 Å². The van der Waals surface area contributed by atoms with Gasteiger partial charge in [-0.15, -0.1) is 0 Å². The average Bonchev–Trinajstić information content (AvgIpc) is 2.46. The number of aliphatic hydroxyl groups excluding tert-OH is 2. The quantitative estimate of drug-likeness (QED) is 0.577. The first kappa shape index (κ1) is 16.7. The number of rotatable bonds is 8. The molecular formula is C14H26N4O2. The van der Waals surface area contributed by atoms with Gasteiger partial charge in [-0.05, 0) is 26.7 Å². The first-order chi connectivity index (χ1) is 9.51. The first-order valence-electron chi connectivity index (χ1n) is 7.11. The highest BCUT2D eigenvalue weighted by atomic mass is 16.3. The number of aryl methyl sites for hydroxylation is 1. The Bertz CT molecular complexity index is 425. The van der Waals surface area contributed by atoms with Gasteiger partial charge in [0.1, 0.15) is 17.5 Å². The van der Waals surface area contributed by atoms with Crippen LogP contribution >= 0.6 is 0 Å². The molecule has 6 nitrogen and oxygen atoms in total. The van der Waals surface area contributed by atoms with Crippen molar-refractivity contribution in [2.75, 3.05) is 30.4 Å². The second kappa shape index (κ2) is 7.40. The summed E-state index contributed by atoms with van der Waals surface area (Å²) in [6, 6.07) is 0. The molecule has 1 aromatic heterocycles. The van der Waals surface area contributed by atoms with Crippen molar-refractivity contribution in [3.05, 3.63) is 11.4 Å². The van der Waals surface area contributed by atoms with E-state index in [4.69, 9.17) is 0 Å². The molecule has 0 aliphatic rings. The summed E-state index contributed by atoms with van der Waals surface area (Å²) < 4.78 is 0. The molecule has 6 heteroatoms. The molecule has 1 rings (SSSR count). The highest BCUT2D eigenvalue weighted by molar-refractivity contribution is 5.58. The fraction of sp³-hybridized carbons (Fsp3) is 0.714. The Morgan fingerprint density at radius 2 is 1.65 bits per heavy atom. The monoisotopic (exact) mass is 282 g/mol. The van der Waals surface area contributed by atoms with Crippen LogP contribution in [-0.4, -0.2) is 45.5 Å². The van der Waals surface area contributed by atoms with Gasteiger partial charge in [-0.2, -0.15) is 0 Å². The highest BCUT2D eigenvalue weighted by Crippen LogP contribution is 2.24. The van der Waals surface area contributed by atoms with E-state index in [1.54, 1.807) is 0 Å². The van der Waals surface area contributed by atoms with Crippen molar-refractivity contribution in [2.45, 2.75) is 46.1 Å². The minimum absolute atomic E-state index is 0.153. The molecule has 0 aromatic carbocycles. The van der Waals surface area contributed by atoms with E-state index in [0.29, 0.717) is 18.1 Å². The molecule has 0 radical (unpaired) electrons. The highest BCUT2D eigenvalue weighted by Gasteiger charge is 2.28. The summed E-state index contributed by atoms with van der Waals surface area (Å²) in [7, 11) is 0. The zero-order valence-electron chi connectivity index (χ0n) is 12.8. The summed E-state index contributed by atoms with van der Waals surface area (Å²) in [6.45, 7) is 8.30. The van der Waals surface area contributed by atoms with Crippen LogP contribution in [0.2, 0.25) is 0 Å². The SMILES string of the molecule is CCCNc1nc(C)nc(NC(CC)(CO)CO)c1C. The van der Waals surface area contributed by atoms with Crippen LogP contribution in [0.5, 0.6) is 0 Å². The first-order valence-corrected chi connectivity index (χ1v) is 7.11. The van der Waals surface area contributed by atoms with Gasteiger partial charge >= 0.3 is 0 Å². The van der Waals surface area contributed by atoms with E-state index in [-0.39, 0.29) is 13.2 Å². The topological polar surface area (TPSA) is 90.3 Å². The number of aliphatic hydroxyl groups is 2. The molecule has 1 heterocycles. The standard InChI is InChI=1S/C14H26N4O2/c1-5-7-15-12-10(3)13(17-11(4)16-12)18-14(6-2,8-19)9-20/h19-20H,5-9H2,1-4H3,(H2,15,16,17,18). The van der Waals surface area contributed by atoms with Gasteiger partial charge in [0, 0.05) is 12.1 Å². The number of nitrogens with one attached hydrogen (secondary N) is 2. The Kier molecular flexibility index (Phi) is 6.16. The Morgan fingerprint density at radius 3 is 2.15 bits per heavy atom. The Labute approximate surface area is 120 Å². The van der Waals surface area contributed by atoms with Crippen LogP contribution in [0, 0.1) is 13.8 Å². The van der Waals surface area contributed by atoms with Gasteiger partial charge in [0.2, 0.25) is 0 Å². The minimum atomic E-state index is -0.756. The molecule has 0 spiro atoms. The van der Waals surface area contributed by atoms with Crippen molar-refractivity contribution in [1.82, 2.24) is 9.97 Å². The molecule has 20 heavy (non-hydrogen) atoms. The van der Waals surface area contributed by atoms with E-state index in [1.807, 2.05) is 20.8 Å². The summed E-state index contributed by atoms with van der Waals surface area (Å²) in [5.74, 6) is 2.10. The molecule has 114 valence electrons. The molecule has 0 aliphatic heterocycles. The average molecular weight is 282 g/mol. The van der Waals surface area contributed by atoms with Crippen LogP contribution in [0.1, 0.15) is 38.1 Å². The Balaban J connectivity index is 3.08. The van der Waals surface area contributed by atoms with Crippen LogP contribution in [0.3, 0.4) is 0 Å². The smallest absolute Gasteiger partial charge is 0.135 e. The summed E-state index contributed by atoms with van der Waals surface area (Å²) in [5.41, 5.74) is 0.136. The summed E-state index contributed by atoms with van der Waals surface area (Å²) in [5, 5.41) is 25.5. The predicted octanol–water partition coefficient (Wildman–Crippen LogP) is 1.46. The Morgan fingerprint density at radius 1 is 1.05 bits per heavy atom. The van der Waals surface area contributed by atoms with E-state index >= 15 is 0 Å². The second-order valence-electron chi connectivity index (χ2n) is 5.09. The maximum absolute atomic E-state index is 9.53. The van der Waals surface area contributed by atoms with Gasteiger partial charge in [-0.3, -0.25) is 0 Å².